The van der Waals surface area contributed by atoms with Crippen molar-refractivity contribution in [3.63, 3.8) is 0 Å². The third kappa shape index (κ3) is 5.60. The summed E-state index contributed by atoms with van der Waals surface area (Å²) in [5, 5.41) is 3.64. The van der Waals surface area contributed by atoms with E-state index in [1.807, 2.05) is 48.5 Å². The van der Waals surface area contributed by atoms with Crippen LogP contribution in [0, 0.1) is 0 Å². The van der Waals surface area contributed by atoms with Crippen molar-refractivity contribution >= 4 is 34.4 Å². The quantitative estimate of drug-likeness (QED) is 0.285. The first-order chi connectivity index (χ1) is 17.0. The number of ketones is 1. The van der Waals surface area contributed by atoms with Gasteiger partial charge in [0, 0.05) is 0 Å². The number of amides is 1. The fourth-order valence-corrected chi connectivity index (χ4v) is 4.57. The van der Waals surface area contributed by atoms with Crippen molar-refractivity contribution in [2.45, 2.75) is 24.5 Å². The first-order valence-electron chi connectivity index (χ1n) is 11.1. The molecular formula is C27H25N3O4S. The van der Waals surface area contributed by atoms with E-state index in [2.05, 4.69) is 10.3 Å². The highest BCUT2D eigenvalue weighted by Gasteiger charge is 2.20. The zero-order valence-corrected chi connectivity index (χ0v) is 20.2. The van der Waals surface area contributed by atoms with Crippen molar-refractivity contribution in [3.05, 3.63) is 94.8 Å². The second kappa shape index (κ2) is 11.0. The smallest absolute Gasteiger partial charge is 0.266 e. The number of nitrogens with one attached hydrogen (secondary N) is 1. The van der Waals surface area contributed by atoms with E-state index in [1.165, 1.54) is 18.6 Å². The molecule has 7 nitrogen and oxygen atoms in total. The lowest BCUT2D eigenvalue weighted by Gasteiger charge is -2.17. The van der Waals surface area contributed by atoms with E-state index < -0.39 is 6.04 Å². The SMILES string of the molecule is COc1ccccc1-n1c(SCC(=O)NC(Cc2ccccc2)C(C)=O)nc2ccccc2c1=O. The number of fused-ring (bicyclic) bond motifs is 1. The van der Waals surface area contributed by atoms with Crippen LogP contribution in [0.1, 0.15) is 12.5 Å². The number of methoxy groups -OCH3 is 1. The van der Waals surface area contributed by atoms with Crippen LogP contribution in [0.3, 0.4) is 0 Å². The van der Waals surface area contributed by atoms with Crippen LogP contribution in [0.4, 0.5) is 0 Å². The molecule has 35 heavy (non-hydrogen) atoms. The normalized spacial score (nSPS) is 11.7. The largest absolute Gasteiger partial charge is 0.495 e. The van der Waals surface area contributed by atoms with Crippen LogP contribution < -0.4 is 15.6 Å². The van der Waals surface area contributed by atoms with Crippen molar-refractivity contribution in [1.82, 2.24) is 14.9 Å². The summed E-state index contributed by atoms with van der Waals surface area (Å²) in [4.78, 5) is 43.1. The first kappa shape index (κ1) is 24.2. The molecule has 0 aliphatic carbocycles. The van der Waals surface area contributed by atoms with E-state index in [0.717, 1.165) is 17.3 Å². The Hall–Kier alpha value is -3.91. The topological polar surface area (TPSA) is 90.3 Å². The van der Waals surface area contributed by atoms with E-state index >= 15 is 0 Å². The van der Waals surface area contributed by atoms with Gasteiger partial charge in [-0.3, -0.25) is 19.0 Å². The van der Waals surface area contributed by atoms with E-state index in [1.54, 1.807) is 30.3 Å². The third-order valence-corrected chi connectivity index (χ3v) is 6.45. The van der Waals surface area contributed by atoms with Gasteiger partial charge < -0.3 is 10.1 Å². The summed E-state index contributed by atoms with van der Waals surface area (Å²) in [7, 11) is 1.53. The molecule has 3 aromatic carbocycles. The van der Waals surface area contributed by atoms with Crippen LogP contribution >= 0.6 is 11.8 Å². The predicted molar refractivity (Wildman–Crippen MR) is 137 cm³/mol. The molecule has 8 heteroatoms. The number of Topliss-reactive ketones (excluding diaryl/α,β-unsaturated/α-hetero) is 1. The predicted octanol–water partition coefficient (Wildman–Crippen LogP) is 3.80. The molecule has 0 bridgehead atoms. The van der Waals surface area contributed by atoms with Gasteiger partial charge in [-0.05, 0) is 43.2 Å². The Kier molecular flexibility index (Phi) is 7.62. The Balaban J connectivity index is 1.61. The van der Waals surface area contributed by atoms with Crippen molar-refractivity contribution in [2.75, 3.05) is 12.9 Å². The summed E-state index contributed by atoms with van der Waals surface area (Å²) in [6.45, 7) is 1.46. The number of hydrogen-bond donors (Lipinski definition) is 1. The molecular weight excluding hydrogens is 462 g/mol. The van der Waals surface area contributed by atoms with Gasteiger partial charge >= 0.3 is 0 Å². The molecule has 0 aliphatic rings. The maximum atomic E-state index is 13.4. The highest BCUT2D eigenvalue weighted by molar-refractivity contribution is 7.99. The van der Waals surface area contributed by atoms with Crippen molar-refractivity contribution in [2.24, 2.45) is 0 Å². The molecule has 0 saturated carbocycles. The average molecular weight is 488 g/mol. The van der Waals surface area contributed by atoms with Crippen molar-refractivity contribution < 1.29 is 14.3 Å². The molecule has 0 radical (unpaired) electrons. The number of rotatable bonds is 9. The number of carbonyl (C=O) groups excluding carboxylic acids is 2. The third-order valence-electron chi connectivity index (χ3n) is 5.51. The molecule has 1 unspecified atom stereocenters. The van der Waals surface area contributed by atoms with Gasteiger partial charge in [0.05, 0.1) is 35.5 Å². The minimum Gasteiger partial charge on any atom is -0.495 e. The molecule has 178 valence electrons. The number of hydrogen-bond acceptors (Lipinski definition) is 6. The lowest BCUT2D eigenvalue weighted by Crippen LogP contribution is -2.42. The van der Waals surface area contributed by atoms with Gasteiger partial charge in [-0.1, -0.05) is 66.4 Å². The fourth-order valence-electron chi connectivity index (χ4n) is 3.75. The van der Waals surface area contributed by atoms with E-state index in [-0.39, 0.29) is 23.0 Å². The fraction of sp³-hybridized carbons (Fsp3) is 0.185. The van der Waals surface area contributed by atoms with Gasteiger partial charge in [0.1, 0.15) is 5.75 Å². The number of carbonyl (C=O) groups is 2. The average Bonchev–Trinajstić information content (AvgIpc) is 2.88. The minimum atomic E-state index is -0.633. The zero-order chi connectivity index (χ0) is 24.8. The molecule has 0 saturated heterocycles. The van der Waals surface area contributed by atoms with Gasteiger partial charge in [0.15, 0.2) is 10.9 Å². The molecule has 0 aliphatic heterocycles. The maximum absolute atomic E-state index is 13.4. The van der Waals surface area contributed by atoms with Gasteiger partial charge in [0.25, 0.3) is 5.56 Å². The highest BCUT2D eigenvalue weighted by atomic mass is 32.2. The molecule has 0 spiro atoms. The number of para-hydroxylation sites is 3. The number of aromatic nitrogens is 2. The van der Waals surface area contributed by atoms with Crippen LogP contribution in [-0.4, -0.2) is 40.1 Å². The Morgan fingerprint density at radius 3 is 2.43 bits per heavy atom. The first-order valence-corrected chi connectivity index (χ1v) is 12.1. The Bertz CT molecular complexity index is 1420. The molecule has 1 heterocycles. The van der Waals surface area contributed by atoms with Gasteiger partial charge in [-0.2, -0.15) is 0 Å². The molecule has 1 atom stereocenters. The number of nitrogens with zero attached hydrogens (tertiary/aromatic N) is 2. The standard InChI is InChI=1S/C27H25N3O4S/c1-18(31)22(16-19-10-4-3-5-11-19)28-25(32)17-35-27-29-21-13-7-6-12-20(21)26(33)30(27)23-14-8-9-15-24(23)34-2/h3-15,22H,16-17H2,1-2H3,(H,28,32). The molecule has 1 amide bonds. The summed E-state index contributed by atoms with van der Waals surface area (Å²) in [6.07, 6.45) is 0.409. The molecule has 4 aromatic rings. The van der Waals surface area contributed by atoms with E-state index in [9.17, 15) is 14.4 Å². The number of benzene rings is 3. The van der Waals surface area contributed by atoms with Gasteiger partial charge in [-0.25, -0.2) is 4.98 Å². The van der Waals surface area contributed by atoms with E-state index in [0.29, 0.717) is 33.9 Å². The molecule has 1 aromatic heterocycles. The Morgan fingerprint density at radius 2 is 1.69 bits per heavy atom. The highest BCUT2D eigenvalue weighted by Crippen LogP contribution is 2.27. The monoisotopic (exact) mass is 487 g/mol. The summed E-state index contributed by atoms with van der Waals surface area (Å²) in [6, 6.07) is 23.1. The Labute approximate surface area is 207 Å². The Morgan fingerprint density at radius 1 is 1.00 bits per heavy atom. The second-order valence-electron chi connectivity index (χ2n) is 7.93. The summed E-state index contributed by atoms with van der Waals surface area (Å²) < 4.78 is 6.93. The lowest BCUT2D eigenvalue weighted by atomic mass is 10.0. The van der Waals surface area contributed by atoms with Crippen LogP contribution in [0.25, 0.3) is 16.6 Å². The van der Waals surface area contributed by atoms with Gasteiger partial charge in [-0.15, -0.1) is 0 Å². The van der Waals surface area contributed by atoms with Gasteiger partial charge in [0.2, 0.25) is 5.91 Å². The van der Waals surface area contributed by atoms with Crippen LogP contribution in [0.2, 0.25) is 0 Å². The number of thioether (sulfide) groups is 1. The van der Waals surface area contributed by atoms with E-state index in [4.69, 9.17) is 4.74 Å². The van der Waals surface area contributed by atoms with Crippen LogP contribution in [-0.2, 0) is 16.0 Å². The molecule has 4 rings (SSSR count). The van der Waals surface area contributed by atoms with Crippen LogP contribution in [0.15, 0.2) is 88.8 Å². The lowest BCUT2D eigenvalue weighted by molar-refractivity contribution is -0.125. The maximum Gasteiger partial charge on any atom is 0.266 e. The van der Waals surface area contributed by atoms with Crippen molar-refractivity contribution in [1.29, 1.82) is 0 Å². The van der Waals surface area contributed by atoms with Crippen LogP contribution in [0.5, 0.6) is 5.75 Å². The number of ether oxygens (including phenoxy) is 1. The summed E-state index contributed by atoms with van der Waals surface area (Å²) in [5.41, 5.74) is 1.78. The molecule has 0 fully saturated rings. The minimum absolute atomic E-state index is 0.0154. The molecule has 1 N–H and O–H groups in total. The summed E-state index contributed by atoms with van der Waals surface area (Å²) in [5.74, 6) is 0.0537. The van der Waals surface area contributed by atoms with Crippen molar-refractivity contribution in [3.8, 4) is 11.4 Å². The second-order valence-corrected chi connectivity index (χ2v) is 8.88. The zero-order valence-electron chi connectivity index (χ0n) is 19.4. The summed E-state index contributed by atoms with van der Waals surface area (Å²) >= 11 is 1.13.